The zero-order valence-electron chi connectivity index (χ0n) is 10.2. The van der Waals surface area contributed by atoms with E-state index in [-0.39, 0.29) is 6.04 Å². The Morgan fingerprint density at radius 2 is 2.06 bits per heavy atom. The molecule has 0 spiro atoms. The van der Waals surface area contributed by atoms with Crippen molar-refractivity contribution in [1.29, 1.82) is 0 Å². The van der Waals surface area contributed by atoms with Crippen molar-refractivity contribution >= 4 is 11.6 Å². The van der Waals surface area contributed by atoms with E-state index in [4.69, 9.17) is 17.3 Å². The van der Waals surface area contributed by atoms with Crippen LogP contribution in [-0.4, -0.2) is 14.8 Å². The Morgan fingerprint density at radius 3 is 2.72 bits per heavy atom. The van der Waals surface area contributed by atoms with Gasteiger partial charge in [0.05, 0.1) is 6.04 Å². The lowest BCUT2D eigenvalue weighted by Gasteiger charge is -2.15. The van der Waals surface area contributed by atoms with Gasteiger partial charge in [0.2, 0.25) is 0 Å². The van der Waals surface area contributed by atoms with Gasteiger partial charge >= 0.3 is 0 Å². The third kappa shape index (κ3) is 1.91. The maximum absolute atomic E-state index is 6.29. The third-order valence-electron chi connectivity index (χ3n) is 3.32. The van der Waals surface area contributed by atoms with E-state index in [2.05, 4.69) is 14.8 Å². The number of hydrogen-bond donors (Lipinski definition) is 1. The average Bonchev–Trinajstić information content (AvgIpc) is 3.12. The monoisotopic (exact) mass is 262 g/mol. The molecule has 0 amide bonds. The highest BCUT2D eigenvalue weighted by molar-refractivity contribution is 6.31. The molecule has 1 saturated carbocycles. The van der Waals surface area contributed by atoms with Crippen LogP contribution < -0.4 is 5.73 Å². The second-order valence-electron chi connectivity index (χ2n) is 4.71. The van der Waals surface area contributed by atoms with Crippen molar-refractivity contribution in [3.8, 4) is 0 Å². The zero-order chi connectivity index (χ0) is 12.7. The Kier molecular flexibility index (Phi) is 2.84. The average molecular weight is 263 g/mol. The second kappa shape index (κ2) is 4.37. The predicted octanol–water partition coefficient (Wildman–Crippen LogP) is 2.62. The maximum atomic E-state index is 6.29. The Balaban J connectivity index is 2.02. The molecule has 0 aliphatic heterocycles. The van der Waals surface area contributed by atoms with Gasteiger partial charge in [0.1, 0.15) is 5.82 Å². The van der Waals surface area contributed by atoms with Crippen molar-refractivity contribution < 1.29 is 0 Å². The predicted molar refractivity (Wildman–Crippen MR) is 70.5 cm³/mol. The van der Waals surface area contributed by atoms with Gasteiger partial charge in [0, 0.05) is 11.1 Å². The van der Waals surface area contributed by atoms with Gasteiger partial charge in [-0.2, -0.15) is 0 Å². The van der Waals surface area contributed by atoms with Crippen LogP contribution >= 0.6 is 11.6 Å². The summed E-state index contributed by atoms with van der Waals surface area (Å²) in [6, 6.07) is 7.82. The van der Waals surface area contributed by atoms with Gasteiger partial charge < -0.3 is 10.3 Å². The van der Waals surface area contributed by atoms with E-state index in [1.807, 2.05) is 31.2 Å². The van der Waals surface area contributed by atoms with Crippen LogP contribution in [0.1, 0.15) is 42.1 Å². The first-order valence-electron chi connectivity index (χ1n) is 6.10. The summed E-state index contributed by atoms with van der Waals surface area (Å²) in [5.74, 6) is 1.73. The second-order valence-corrected chi connectivity index (χ2v) is 5.11. The molecule has 1 fully saturated rings. The van der Waals surface area contributed by atoms with Gasteiger partial charge in [-0.3, -0.25) is 0 Å². The summed E-state index contributed by atoms with van der Waals surface area (Å²) >= 11 is 6.19. The van der Waals surface area contributed by atoms with Crippen LogP contribution in [0.5, 0.6) is 0 Å². The molecular weight excluding hydrogens is 248 g/mol. The SMILES string of the molecule is Cc1nnc([C@H](N)c2ccccc2Cl)n1C1CC1. The Morgan fingerprint density at radius 1 is 1.33 bits per heavy atom. The van der Waals surface area contributed by atoms with Crippen LogP contribution in [-0.2, 0) is 0 Å². The highest BCUT2D eigenvalue weighted by atomic mass is 35.5. The van der Waals surface area contributed by atoms with Gasteiger partial charge in [-0.1, -0.05) is 29.8 Å². The molecule has 5 heteroatoms. The highest BCUT2D eigenvalue weighted by Gasteiger charge is 2.30. The summed E-state index contributed by atoms with van der Waals surface area (Å²) in [4.78, 5) is 0. The van der Waals surface area contributed by atoms with Gasteiger partial charge in [-0.15, -0.1) is 10.2 Å². The minimum absolute atomic E-state index is 0.319. The summed E-state index contributed by atoms with van der Waals surface area (Å²) in [5.41, 5.74) is 7.19. The number of halogens is 1. The molecule has 2 N–H and O–H groups in total. The topological polar surface area (TPSA) is 56.7 Å². The van der Waals surface area contributed by atoms with Gasteiger partial charge in [-0.05, 0) is 31.4 Å². The lowest BCUT2D eigenvalue weighted by Crippen LogP contribution is -2.18. The lowest BCUT2D eigenvalue weighted by molar-refractivity contribution is 0.630. The minimum atomic E-state index is -0.319. The van der Waals surface area contributed by atoms with E-state index < -0.39 is 0 Å². The Bertz CT molecular complexity index is 574. The van der Waals surface area contributed by atoms with Crippen LogP contribution in [0, 0.1) is 6.92 Å². The summed E-state index contributed by atoms with van der Waals surface area (Å²) in [6.45, 7) is 1.97. The molecule has 0 radical (unpaired) electrons. The van der Waals surface area contributed by atoms with Crippen LogP contribution in [0.4, 0.5) is 0 Å². The molecule has 4 nitrogen and oxygen atoms in total. The van der Waals surface area contributed by atoms with E-state index >= 15 is 0 Å². The molecule has 1 aromatic heterocycles. The van der Waals surface area contributed by atoms with E-state index in [9.17, 15) is 0 Å². The molecule has 18 heavy (non-hydrogen) atoms. The fourth-order valence-corrected chi connectivity index (χ4v) is 2.50. The van der Waals surface area contributed by atoms with Gasteiger partial charge in [0.15, 0.2) is 5.82 Å². The maximum Gasteiger partial charge on any atom is 0.154 e. The molecule has 3 rings (SSSR count). The summed E-state index contributed by atoms with van der Waals surface area (Å²) in [6.07, 6.45) is 2.36. The molecular formula is C13H15ClN4. The highest BCUT2D eigenvalue weighted by Crippen LogP contribution is 2.38. The van der Waals surface area contributed by atoms with Crippen molar-refractivity contribution in [2.75, 3.05) is 0 Å². The van der Waals surface area contributed by atoms with Crippen molar-refractivity contribution in [2.24, 2.45) is 5.73 Å². The number of hydrogen-bond acceptors (Lipinski definition) is 3. The summed E-state index contributed by atoms with van der Waals surface area (Å²) in [7, 11) is 0. The number of aromatic nitrogens is 3. The van der Waals surface area contributed by atoms with Crippen LogP contribution in [0.25, 0.3) is 0 Å². The van der Waals surface area contributed by atoms with Gasteiger partial charge in [0.25, 0.3) is 0 Å². The smallest absolute Gasteiger partial charge is 0.154 e. The van der Waals surface area contributed by atoms with Crippen LogP contribution in [0.3, 0.4) is 0 Å². The Hall–Kier alpha value is -1.39. The van der Waals surface area contributed by atoms with E-state index in [1.165, 1.54) is 12.8 Å². The van der Waals surface area contributed by atoms with E-state index in [0.717, 1.165) is 17.2 Å². The molecule has 1 aliphatic carbocycles. The normalized spacial score (nSPS) is 16.8. The van der Waals surface area contributed by atoms with E-state index in [0.29, 0.717) is 11.1 Å². The number of benzene rings is 1. The standard InChI is InChI=1S/C13H15ClN4/c1-8-16-17-13(18(8)9-6-7-9)12(15)10-4-2-3-5-11(10)14/h2-5,9,12H,6-7,15H2,1H3/t12-/m1/s1. The molecule has 1 aliphatic rings. The molecule has 1 heterocycles. The first kappa shape index (κ1) is 11.7. The van der Waals surface area contributed by atoms with Crippen molar-refractivity contribution in [3.05, 3.63) is 46.5 Å². The number of aryl methyl sites for hydroxylation is 1. The largest absolute Gasteiger partial charge is 0.318 e. The van der Waals surface area contributed by atoms with Crippen molar-refractivity contribution in [3.63, 3.8) is 0 Å². The van der Waals surface area contributed by atoms with Gasteiger partial charge in [-0.25, -0.2) is 0 Å². The van der Waals surface area contributed by atoms with Crippen LogP contribution in [0.2, 0.25) is 5.02 Å². The Labute approximate surface area is 111 Å². The van der Waals surface area contributed by atoms with Crippen molar-refractivity contribution in [1.82, 2.24) is 14.8 Å². The molecule has 2 aromatic rings. The third-order valence-corrected chi connectivity index (χ3v) is 3.67. The van der Waals surface area contributed by atoms with E-state index in [1.54, 1.807) is 0 Å². The molecule has 1 atom stereocenters. The number of nitrogens with zero attached hydrogens (tertiary/aromatic N) is 3. The molecule has 0 bridgehead atoms. The molecule has 94 valence electrons. The molecule has 0 saturated heterocycles. The first-order chi connectivity index (χ1) is 8.68. The quantitative estimate of drug-likeness (QED) is 0.925. The number of nitrogens with two attached hydrogens (primary N) is 1. The molecule has 1 aromatic carbocycles. The number of rotatable bonds is 3. The fourth-order valence-electron chi connectivity index (χ4n) is 2.25. The minimum Gasteiger partial charge on any atom is -0.318 e. The summed E-state index contributed by atoms with van der Waals surface area (Å²) in [5, 5.41) is 9.04. The molecule has 0 unspecified atom stereocenters. The lowest BCUT2D eigenvalue weighted by atomic mass is 10.1. The summed E-state index contributed by atoms with van der Waals surface area (Å²) < 4.78 is 2.15. The first-order valence-corrected chi connectivity index (χ1v) is 6.47. The fraction of sp³-hybridized carbons (Fsp3) is 0.385. The zero-order valence-corrected chi connectivity index (χ0v) is 10.9. The van der Waals surface area contributed by atoms with Crippen LogP contribution in [0.15, 0.2) is 24.3 Å². The van der Waals surface area contributed by atoms with Crippen molar-refractivity contribution in [2.45, 2.75) is 31.8 Å².